The first-order chi connectivity index (χ1) is 13.5. The zero-order chi connectivity index (χ0) is 20.4. The van der Waals surface area contributed by atoms with E-state index in [1.165, 1.54) is 12.4 Å². The van der Waals surface area contributed by atoms with Crippen LogP contribution >= 0.6 is 0 Å². The van der Waals surface area contributed by atoms with Gasteiger partial charge in [-0.05, 0) is 32.3 Å². The highest BCUT2D eigenvalue weighted by molar-refractivity contribution is 5.99. The molecular weight excluding hydrogens is 360 g/mol. The molecule has 8 nitrogen and oxygen atoms in total. The van der Waals surface area contributed by atoms with Gasteiger partial charge in [-0.25, -0.2) is 4.79 Å². The number of pyridine rings is 1. The van der Waals surface area contributed by atoms with E-state index in [2.05, 4.69) is 22.5 Å². The summed E-state index contributed by atoms with van der Waals surface area (Å²) < 4.78 is 5.00. The number of rotatable bonds is 8. The number of carbonyl (C=O) groups is 3. The van der Waals surface area contributed by atoms with E-state index in [4.69, 9.17) is 4.74 Å². The average Bonchev–Trinajstić information content (AvgIpc) is 2.72. The molecule has 0 spiro atoms. The lowest BCUT2D eigenvalue weighted by atomic mass is 10.0. The Morgan fingerprint density at radius 2 is 1.79 bits per heavy atom. The van der Waals surface area contributed by atoms with Crippen LogP contribution in [0.5, 0.6) is 0 Å². The second-order valence-electron chi connectivity index (χ2n) is 6.86. The second-order valence-corrected chi connectivity index (χ2v) is 6.86. The topological polar surface area (TPSA) is 101 Å². The number of ether oxygens (including phenoxy) is 1. The molecule has 1 aliphatic heterocycles. The third-order valence-electron chi connectivity index (χ3n) is 4.68. The summed E-state index contributed by atoms with van der Waals surface area (Å²) in [6.07, 6.45) is 7.02. The van der Waals surface area contributed by atoms with E-state index in [1.54, 1.807) is 17.9 Å². The highest BCUT2D eigenvalue weighted by Gasteiger charge is 2.25. The number of unbranched alkanes of at least 4 members (excludes halogenated alkanes) is 2. The van der Waals surface area contributed by atoms with E-state index in [9.17, 15) is 14.4 Å². The van der Waals surface area contributed by atoms with Gasteiger partial charge < -0.3 is 20.3 Å². The summed E-state index contributed by atoms with van der Waals surface area (Å²) in [4.78, 5) is 42.1. The lowest BCUT2D eigenvalue weighted by Gasteiger charge is -2.31. The molecule has 2 heterocycles. The molecule has 1 aromatic rings. The number of hydrogen-bond donors (Lipinski definition) is 2. The Hall–Kier alpha value is -2.64. The molecule has 154 valence electrons. The molecule has 0 atom stereocenters. The first kappa shape index (κ1) is 21.7. The Morgan fingerprint density at radius 1 is 1.11 bits per heavy atom. The zero-order valence-electron chi connectivity index (χ0n) is 16.7. The minimum atomic E-state index is -0.311. The Balaban J connectivity index is 1.84. The highest BCUT2D eigenvalue weighted by atomic mass is 16.6. The van der Waals surface area contributed by atoms with Crippen molar-refractivity contribution in [3.63, 3.8) is 0 Å². The van der Waals surface area contributed by atoms with Gasteiger partial charge in [-0.3, -0.25) is 14.6 Å². The van der Waals surface area contributed by atoms with Gasteiger partial charge in [0.2, 0.25) is 0 Å². The van der Waals surface area contributed by atoms with Crippen LogP contribution in [0.2, 0.25) is 0 Å². The van der Waals surface area contributed by atoms with Gasteiger partial charge in [0.05, 0.1) is 17.7 Å². The molecule has 0 aromatic carbocycles. The minimum absolute atomic E-state index is 0.0234. The maximum atomic E-state index is 12.5. The molecule has 0 saturated carbocycles. The first-order valence-corrected chi connectivity index (χ1v) is 10.0. The summed E-state index contributed by atoms with van der Waals surface area (Å²) in [6.45, 7) is 5.94. The molecule has 0 aliphatic carbocycles. The second kappa shape index (κ2) is 11.3. The maximum absolute atomic E-state index is 12.5. The molecular formula is C20H30N4O4. The number of carbonyl (C=O) groups excluding carboxylic acids is 3. The van der Waals surface area contributed by atoms with Crippen LogP contribution in [0, 0.1) is 0 Å². The van der Waals surface area contributed by atoms with Crippen molar-refractivity contribution in [2.24, 2.45) is 0 Å². The molecule has 1 aromatic heterocycles. The molecule has 1 saturated heterocycles. The van der Waals surface area contributed by atoms with E-state index >= 15 is 0 Å². The number of likely N-dealkylation sites (tertiary alicyclic amines) is 1. The number of amides is 3. The summed E-state index contributed by atoms with van der Waals surface area (Å²) in [5.74, 6) is -0.483. The number of nitrogens with zero attached hydrogens (tertiary/aromatic N) is 2. The van der Waals surface area contributed by atoms with Gasteiger partial charge >= 0.3 is 6.09 Å². The van der Waals surface area contributed by atoms with E-state index in [0.717, 1.165) is 19.3 Å². The fraction of sp³-hybridized carbons (Fsp3) is 0.600. The molecule has 2 N–H and O–H groups in total. The fourth-order valence-electron chi connectivity index (χ4n) is 3.06. The summed E-state index contributed by atoms with van der Waals surface area (Å²) in [7, 11) is 0. The molecule has 1 aliphatic rings. The summed E-state index contributed by atoms with van der Waals surface area (Å²) in [5, 5.41) is 5.81. The Bertz CT molecular complexity index is 672. The van der Waals surface area contributed by atoms with Crippen LogP contribution in [0.15, 0.2) is 18.5 Å². The van der Waals surface area contributed by atoms with E-state index < -0.39 is 0 Å². The van der Waals surface area contributed by atoms with Gasteiger partial charge in [-0.15, -0.1) is 0 Å². The molecule has 8 heteroatoms. The molecule has 2 rings (SSSR count). The summed E-state index contributed by atoms with van der Waals surface area (Å²) in [6, 6.07) is 1.54. The Labute approximate surface area is 166 Å². The van der Waals surface area contributed by atoms with Gasteiger partial charge in [0.25, 0.3) is 11.8 Å². The van der Waals surface area contributed by atoms with Gasteiger partial charge in [-0.2, -0.15) is 0 Å². The molecule has 1 fully saturated rings. The van der Waals surface area contributed by atoms with E-state index in [1.807, 2.05) is 0 Å². The lowest BCUT2D eigenvalue weighted by Crippen LogP contribution is -2.46. The first-order valence-electron chi connectivity index (χ1n) is 10.0. The van der Waals surface area contributed by atoms with Gasteiger partial charge in [0, 0.05) is 38.1 Å². The van der Waals surface area contributed by atoms with Crippen molar-refractivity contribution >= 4 is 17.9 Å². The van der Waals surface area contributed by atoms with Crippen molar-refractivity contribution in [2.75, 3.05) is 26.2 Å². The van der Waals surface area contributed by atoms with Gasteiger partial charge in [0.1, 0.15) is 0 Å². The monoisotopic (exact) mass is 390 g/mol. The summed E-state index contributed by atoms with van der Waals surface area (Å²) >= 11 is 0. The van der Waals surface area contributed by atoms with Crippen LogP contribution in [-0.2, 0) is 4.74 Å². The Kier molecular flexibility index (Phi) is 8.71. The highest BCUT2D eigenvalue weighted by Crippen LogP contribution is 2.13. The largest absolute Gasteiger partial charge is 0.450 e. The van der Waals surface area contributed by atoms with Crippen LogP contribution in [-0.4, -0.2) is 60.1 Å². The van der Waals surface area contributed by atoms with Crippen molar-refractivity contribution in [2.45, 2.75) is 52.0 Å². The number of piperidine rings is 1. The number of hydrogen-bond acceptors (Lipinski definition) is 5. The third kappa shape index (κ3) is 6.51. The molecule has 0 radical (unpaired) electrons. The van der Waals surface area contributed by atoms with Crippen LogP contribution in [0.4, 0.5) is 4.79 Å². The quantitative estimate of drug-likeness (QED) is 0.664. The maximum Gasteiger partial charge on any atom is 0.409 e. The molecule has 3 amide bonds. The van der Waals surface area contributed by atoms with Crippen LogP contribution in [0.3, 0.4) is 0 Å². The van der Waals surface area contributed by atoms with Crippen LogP contribution in [0.1, 0.15) is 66.7 Å². The summed E-state index contributed by atoms with van der Waals surface area (Å²) in [5.41, 5.74) is 0.732. The predicted molar refractivity (Wildman–Crippen MR) is 105 cm³/mol. The molecule has 0 unspecified atom stereocenters. The SMILES string of the molecule is CCCCCNC(=O)c1cncc(C(=O)NC2CCN(C(=O)OCC)CC2)c1. The van der Waals surface area contributed by atoms with Crippen molar-refractivity contribution in [3.8, 4) is 0 Å². The lowest BCUT2D eigenvalue weighted by molar-refractivity contribution is 0.0859. The smallest absolute Gasteiger partial charge is 0.409 e. The number of nitrogens with one attached hydrogen (secondary N) is 2. The third-order valence-corrected chi connectivity index (χ3v) is 4.68. The molecule has 28 heavy (non-hydrogen) atoms. The van der Waals surface area contributed by atoms with Gasteiger partial charge in [0.15, 0.2) is 0 Å². The Morgan fingerprint density at radius 3 is 2.43 bits per heavy atom. The van der Waals surface area contributed by atoms with Crippen molar-refractivity contribution in [1.82, 2.24) is 20.5 Å². The fourth-order valence-corrected chi connectivity index (χ4v) is 3.06. The predicted octanol–water partition coefficient (Wildman–Crippen LogP) is 2.35. The van der Waals surface area contributed by atoms with E-state index in [0.29, 0.717) is 50.2 Å². The van der Waals surface area contributed by atoms with Crippen molar-refractivity contribution < 1.29 is 19.1 Å². The standard InChI is InChI=1S/C20H30N4O4/c1-3-5-6-9-22-18(25)15-12-16(14-21-13-15)19(26)23-17-7-10-24(11-8-17)20(27)28-4-2/h12-14,17H,3-11H2,1-2H3,(H,22,25)(H,23,26). The van der Waals surface area contributed by atoms with Crippen LogP contribution < -0.4 is 10.6 Å². The van der Waals surface area contributed by atoms with Crippen LogP contribution in [0.25, 0.3) is 0 Å². The normalized spacial score (nSPS) is 14.4. The minimum Gasteiger partial charge on any atom is -0.450 e. The zero-order valence-corrected chi connectivity index (χ0v) is 16.7. The van der Waals surface area contributed by atoms with Crippen molar-refractivity contribution in [3.05, 3.63) is 29.6 Å². The van der Waals surface area contributed by atoms with Gasteiger partial charge in [-0.1, -0.05) is 19.8 Å². The van der Waals surface area contributed by atoms with E-state index in [-0.39, 0.29) is 23.9 Å². The average molecular weight is 390 g/mol. The van der Waals surface area contributed by atoms with Crippen molar-refractivity contribution in [1.29, 1.82) is 0 Å². The number of aromatic nitrogens is 1. The molecule has 0 bridgehead atoms.